The van der Waals surface area contributed by atoms with Gasteiger partial charge in [0.25, 0.3) is 5.91 Å². The van der Waals surface area contributed by atoms with Crippen molar-refractivity contribution in [2.24, 2.45) is 0 Å². The predicted molar refractivity (Wildman–Crippen MR) is 93.5 cm³/mol. The lowest BCUT2D eigenvalue weighted by Gasteiger charge is -2.20. The molecule has 2 rings (SSSR count). The van der Waals surface area contributed by atoms with Gasteiger partial charge < -0.3 is 10.1 Å². The normalized spacial score (nSPS) is 11.5. The molecule has 0 aliphatic carbocycles. The number of benzene rings is 1. The highest BCUT2D eigenvalue weighted by Gasteiger charge is 2.14. The second-order valence-electron chi connectivity index (χ2n) is 6.57. The number of ether oxygens (including phenoxy) is 1. The van der Waals surface area contributed by atoms with Crippen LogP contribution in [0.5, 0.6) is 0 Å². The fourth-order valence-electron chi connectivity index (χ4n) is 2.03. The summed E-state index contributed by atoms with van der Waals surface area (Å²) in [5, 5.41) is 10.7. The first-order valence-corrected chi connectivity index (χ1v) is 7.92. The first kappa shape index (κ1) is 18.4. The number of nitrogens with one attached hydrogen (secondary N) is 1. The van der Waals surface area contributed by atoms with E-state index in [0.29, 0.717) is 12.2 Å². The number of hydrogen-bond donors (Lipinski definition) is 1. The van der Waals surface area contributed by atoms with E-state index in [-0.39, 0.29) is 18.1 Å². The van der Waals surface area contributed by atoms with E-state index in [1.807, 2.05) is 51.1 Å². The average Bonchev–Trinajstić information content (AvgIpc) is 2.98. The maximum atomic E-state index is 11.6. The number of amides is 1. The van der Waals surface area contributed by atoms with Crippen molar-refractivity contribution in [2.75, 3.05) is 6.61 Å². The van der Waals surface area contributed by atoms with Crippen LogP contribution in [0.4, 0.5) is 0 Å². The zero-order valence-electron chi connectivity index (χ0n) is 14.6. The van der Waals surface area contributed by atoms with Crippen LogP contribution in [0.25, 0.3) is 6.08 Å². The van der Waals surface area contributed by atoms with Crippen LogP contribution < -0.4 is 5.32 Å². The summed E-state index contributed by atoms with van der Waals surface area (Å²) >= 11 is 0. The molecule has 0 atom stereocenters. The van der Waals surface area contributed by atoms with Crippen LogP contribution in [0.2, 0.25) is 0 Å². The molecule has 0 bridgehead atoms. The minimum atomic E-state index is -0.610. The Kier molecular flexibility index (Phi) is 6.05. The highest BCUT2D eigenvalue weighted by molar-refractivity contribution is 5.89. The van der Waals surface area contributed by atoms with Gasteiger partial charge in [-0.05, 0) is 32.4 Å². The highest BCUT2D eigenvalue weighted by atomic mass is 16.5. The monoisotopic (exact) mass is 342 g/mol. The molecule has 0 fully saturated rings. The van der Waals surface area contributed by atoms with Crippen molar-refractivity contribution in [3.63, 3.8) is 0 Å². The van der Waals surface area contributed by atoms with Crippen molar-refractivity contribution >= 4 is 18.0 Å². The van der Waals surface area contributed by atoms with Crippen LogP contribution in [-0.2, 0) is 20.9 Å². The Morgan fingerprint density at radius 1 is 1.24 bits per heavy atom. The first-order valence-electron chi connectivity index (χ1n) is 7.92. The van der Waals surface area contributed by atoms with E-state index in [1.54, 1.807) is 10.9 Å². The lowest BCUT2D eigenvalue weighted by Crippen LogP contribution is -2.42. The highest BCUT2D eigenvalue weighted by Crippen LogP contribution is 2.03. The van der Waals surface area contributed by atoms with E-state index in [9.17, 15) is 9.59 Å². The van der Waals surface area contributed by atoms with Crippen LogP contribution in [0.3, 0.4) is 0 Å². The number of rotatable bonds is 6. The van der Waals surface area contributed by atoms with E-state index in [4.69, 9.17) is 4.74 Å². The van der Waals surface area contributed by atoms with Crippen LogP contribution >= 0.6 is 0 Å². The molecule has 7 heteroatoms. The van der Waals surface area contributed by atoms with E-state index in [2.05, 4.69) is 15.6 Å². The Balaban J connectivity index is 1.81. The molecule has 1 amide bonds. The number of carbonyl (C=O) groups is 2. The van der Waals surface area contributed by atoms with Crippen molar-refractivity contribution in [1.29, 1.82) is 0 Å². The zero-order chi connectivity index (χ0) is 18.3. The summed E-state index contributed by atoms with van der Waals surface area (Å²) in [5.74, 6) is -0.954. The minimum Gasteiger partial charge on any atom is -0.452 e. The van der Waals surface area contributed by atoms with Gasteiger partial charge in [-0.15, -0.1) is 5.10 Å². The smallest absolute Gasteiger partial charge is 0.331 e. The fourth-order valence-corrected chi connectivity index (χ4v) is 2.03. The Morgan fingerprint density at radius 3 is 2.64 bits per heavy atom. The molecule has 132 valence electrons. The van der Waals surface area contributed by atoms with Gasteiger partial charge in [-0.1, -0.05) is 35.5 Å². The van der Waals surface area contributed by atoms with E-state index >= 15 is 0 Å². The van der Waals surface area contributed by atoms with Gasteiger partial charge in [-0.2, -0.15) is 0 Å². The van der Waals surface area contributed by atoms with E-state index < -0.39 is 5.97 Å². The largest absolute Gasteiger partial charge is 0.452 e. The quantitative estimate of drug-likeness (QED) is 0.639. The van der Waals surface area contributed by atoms with Crippen LogP contribution in [-0.4, -0.2) is 39.0 Å². The lowest BCUT2D eigenvalue weighted by atomic mass is 10.1. The minimum absolute atomic E-state index is 0.318. The van der Waals surface area contributed by atoms with Crippen molar-refractivity contribution in [3.8, 4) is 0 Å². The molecule has 0 unspecified atom stereocenters. The molecule has 25 heavy (non-hydrogen) atoms. The van der Waals surface area contributed by atoms with Gasteiger partial charge in [-0.25, -0.2) is 9.48 Å². The molecule has 7 nitrogen and oxygen atoms in total. The second kappa shape index (κ2) is 8.23. The lowest BCUT2D eigenvalue weighted by molar-refractivity contribution is -0.144. The van der Waals surface area contributed by atoms with Crippen LogP contribution in [0.1, 0.15) is 32.0 Å². The Bertz CT molecular complexity index is 745. The van der Waals surface area contributed by atoms with Gasteiger partial charge >= 0.3 is 5.97 Å². The third kappa shape index (κ3) is 6.99. The second-order valence-corrected chi connectivity index (χ2v) is 6.57. The molecule has 0 aliphatic heterocycles. The molecule has 2 aromatic rings. The molecule has 1 N–H and O–H groups in total. The number of carbonyl (C=O) groups excluding carboxylic acids is 2. The average molecular weight is 342 g/mol. The topological polar surface area (TPSA) is 86.1 Å². The van der Waals surface area contributed by atoms with Gasteiger partial charge in [0.1, 0.15) is 5.69 Å². The van der Waals surface area contributed by atoms with Crippen molar-refractivity contribution in [1.82, 2.24) is 20.3 Å². The van der Waals surface area contributed by atoms with Gasteiger partial charge in [0.15, 0.2) is 6.61 Å². The summed E-state index contributed by atoms with van der Waals surface area (Å²) in [5.41, 5.74) is 1.27. The van der Waals surface area contributed by atoms with Crippen molar-refractivity contribution in [3.05, 3.63) is 53.9 Å². The fraction of sp³-hybridized carbons (Fsp3) is 0.333. The zero-order valence-corrected chi connectivity index (χ0v) is 14.6. The Morgan fingerprint density at radius 2 is 1.96 bits per heavy atom. The third-order valence-electron chi connectivity index (χ3n) is 2.99. The molecule has 1 aromatic heterocycles. The van der Waals surface area contributed by atoms with Crippen LogP contribution in [0, 0.1) is 0 Å². The molecular formula is C18H22N4O3. The summed E-state index contributed by atoms with van der Waals surface area (Å²) in [6.45, 7) is 5.84. The van der Waals surface area contributed by atoms with Gasteiger partial charge in [0.2, 0.25) is 0 Å². The van der Waals surface area contributed by atoms with Gasteiger partial charge in [0.05, 0.1) is 12.7 Å². The maximum absolute atomic E-state index is 11.6. The van der Waals surface area contributed by atoms with E-state index in [0.717, 1.165) is 5.56 Å². The molecule has 1 aromatic carbocycles. The summed E-state index contributed by atoms with van der Waals surface area (Å²) in [6.07, 6.45) is 4.45. The number of aromatic nitrogens is 3. The van der Waals surface area contributed by atoms with Gasteiger partial charge in [0, 0.05) is 11.6 Å². The molecule has 0 spiro atoms. The first-order chi connectivity index (χ1) is 11.8. The molecule has 0 radical (unpaired) electrons. The maximum Gasteiger partial charge on any atom is 0.331 e. The SMILES string of the molecule is CC(C)(C)NC(=O)COC(=O)/C=C/c1cn(Cc2ccccc2)nn1. The summed E-state index contributed by atoms with van der Waals surface area (Å²) in [7, 11) is 0. The van der Waals surface area contributed by atoms with Crippen LogP contribution in [0.15, 0.2) is 42.6 Å². The summed E-state index contributed by atoms with van der Waals surface area (Å²) < 4.78 is 6.56. The summed E-state index contributed by atoms with van der Waals surface area (Å²) in [4.78, 5) is 23.2. The van der Waals surface area contributed by atoms with E-state index in [1.165, 1.54) is 12.2 Å². The number of nitrogens with zero attached hydrogens (tertiary/aromatic N) is 3. The Hall–Kier alpha value is -2.96. The predicted octanol–water partition coefficient (Wildman–Crippen LogP) is 1.80. The number of esters is 1. The molecular weight excluding hydrogens is 320 g/mol. The standard InChI is InChI=1S/C18H22N4O3/c1-18(2,3)19-16(23)13-25-17(24)10-9-15-12-22(21-20-15)11-14-7-5-4-6-8-14/h4-10,12H,11,13H2,1-3H3,(H,19,23)/b10-9+. The molecule has 0 saturated carbocycles. The molecule has 1 heterocycles. The van der Waals surface area contributed by atoms with Crippen molar-refractivity contribution < 1.29 is 14.3 Å². The molecule has 0 saturated heterocycles. The van der Waals surface area contributed by atoms with Crippen molar-refractivity contribution in [2.45, 2.75) is 32.9 Å². The van der Waals surface area contributed by atoms with Gasteiger partial charge in [-0.3, -0.25) is 4.79 Å². The Labute approximate surface area is 146 Å². The number of hydrogen-bond acceptors (Lipinski definition) is 5. The third-order valence-corrected chi connectivity index (χ3v) is 2.99. The summed E-state index contributed by atoms with van der Waals surface area (Å²) in [6, 6.07) is 9.86. The molecule has 0 aliphatic rings.